The van der Waals surface area contributed by atoms with Gasteiger partial charge in [-0.1, -0.05) is 37.1 Å². The third kappa shape index (κ3) is 2.02. The first kappa shape index (κ1) is 11.0. The van der Waals surface area contributed by atoms with Crippen molar-refractivity contribution in [3.8, 4) is 0 Å². The standard InChI is InChI=1S/C15H18O2/c16-14(12-6-1-2-7-12)15-13-8-4-3-5-11(13)9-10-17-15/h3-5,8,12,15H,1-2,6-7,9-10H2. The summed E-state index contributed by atoms with van der Waals surface area (Å²) in [7, 11) is 0. The number of benzene rings is 1. The van der Waals surface area contributed by atoms with Crippen LogP contribution in [-0.4, -0.2) is 12.4 Å². The molecule has 1 fully saturated rings. The van der Waals surface area contributed by atoms with Gasteiger partial charge in [0.1, 0.15) is 6.10 Å². The van der Waals surface area contributed by atoms with Gasteiger partial charge in [-0.15, -0.1) is 0 Å². The van der Waals surface area contributed by atoms with Crippen LogP contribution in [0, 0.1) is 5.92 Å². The van der Waals surface area contributed by atoms with Gasteiger partial charge in [0.25, 0.3) is 0 Å². The van der Waals surface area contributed by atoms with Crippen LogP contribution in [0.25, 0.3) is 0 Å². The van der Waals surface area contributed by atoms with Gasteiger partial charge in [-0.05, 0) is 30.4 Å². The van der Waals surface area contributed by atoms with Crippen LogP contribution in [0.1, 0.15) is 42.9 Å². The predicted octanol–water partition coefficient (Wildman–Crippen LogP) is 3.06. The number of hydrogen-bond acceptors (Lipinski definition) is 2. The summed E-state index contributed by atoms with van der Waals surface area (Å²) in [6.07, 6.45) is 5.16. The van der Waals surface area contributed by atoms with Crippen LogP contribution in [-0.2, 0) is 16.0 Å². The molecule has 0 saturated heterocycles. The fourth-order valence-corrected chi connectivity index (χ4v) is 3.05. The van der Waals surface area contributed by atoms with Crippen molar-refractivity contribution in [2.45, 2.75) is 38.2 Å². The van der Waals surface area contributed by atoms with Gasteiger partial charge in [-0.25, -0.2) is 0 Å². The number of carbonyl (C=O) groups is 1. The molecule has 90 valence electrons. The highest BCUT2D eigenvalue weighted by Gasteiger charge is 2.33. The number of carbonyl (C=O) groups excluding carboxylic acids is 1. The van der Waals surface area contributed by atoms with Crippen molar-refractivity contribution in [1.82, 2.24) is 0 Å². The molecule has 17 heavy (non-hydrogen) atoms. The van der Waals surface area contributed by atoms with E-state index >= 15 is 0 Å². The predicted molar refractivity (Wildman–Crippen MR) is 65.8 cm³/mol. The average Bonchev–Trinajstić information content (AvgIpc) is 2.91. The van der Waals surface area contributed by atoms with Crippen molar-refractivity contribution in [3.05, 3.63) is 35.4 Å². The van der Waals surface area contributed by atoms with Crippen molar-refractivity contribution in [3.63, 3.8) is 0 Å². The third-order valence-electron chi connectivity index (χ3n) is 4.01. The number of fused-ring (bicyclic) bond motifs is 1. The largest absolute Gasteiger partial charge is 0.365 e. The molecule has 1 aromatic rings. The van der Waals surface area contributed by atoms with Crippen LogP contribution in [0.15, 0.2) is 24.3 Å². The smallest absolute Gasteiger partial charge is 0.169 e. The van der Waals surface area contributed by atoms with E-state index in [4.69, 9.17) is 4.74 Å². The first-order chi connectivity index (χ1) is 8.36. The molecule has 2 aliphatic rings. The Bertz CT molecular complexity index is 419. The maximum atomic E-state index is 12.4. The van der Waals surface area contributed by atoms with Crippen LogP contribution < -0.4 is 0 Å². The van der Waals surface area contributed by atoms with E-state index in [1.807, 2.05) is 18.2 Å². The molecule has 2 nitrogen and oxygen atoms in total. The van der Waals surface area contributed by atoms with Gasteiger partial charge in [0.2, 0.25) is 0 Å². The molecule has 2 heteroatoms. The van der Waals surface area contributed by atoms with Gasteiger partial charge >= 0.3 is 0 Å². The lowest BCUT2D eigenvalue weighted by molar-refractivity contribution is -0.135. The Morgan fingerprint density at radius 3 is 2.76 bits per heavy atom. The molecule has 1 heterocycles. The van der Waals surface area contributed by atoms with Crippen molar-refractivity contribution >= 4 is 5.78 Å². The van der Waals surface area contributed by atoms with Crippen molar-refractivity contribution in [2.75, 3.05) is 6.61 Å². The average molecular weight is 230 g/mol. The molecule has 1 saturated carbocycles. The lowest BCUT2D eigenvalue weighted by Gasteiger charge is -2.26. The maximum Gasteiger partial charge on any atom is 0.169 e. The van der Waals surface area contributed by atoms with E-state index in [-0.39, 0.29) is 12.0 Å². The fourth-order valence-electron chi connectivity index (χ4n) is 3.05. The SMILES string of the molecule is O=C(C1CCCC1)C1OCCc2ccccc21. The summed E-state index contributed by atoms with van der Waals surface area (Å²) in [5.41, 5.74) is 2.39. The zero-order valence-corrected chi connectivity index (χ0v) is 10.0. The molecule has 0 aromatic heterocycles. The summed E-state index contributed by atoms with van der Waals surface area (Å²) >= 11 is 0. The zero-order chi connectivity index (χ0) is 11.7. The van der Waals surface area contributed by atoms with E-state index in [0.717, 1.165) is 24.8 Å². The molecule has 0 N–H and O–H groups in total. The van der Waals surface area contributed by atoms with Crippen LogP contribution in [0.3, 0.4) is 0 Å². The summed E-state index contributed by atoms with van der Waals surface area (Å²) in [6.45, 7) is 0.681. The van der Waals surface area contributed by atoms with Gasteiger partial charge in [0.15, 0.2) is 5.78 Å². The van der Waals surface area contributed by atoms with Gasteiger partial charge in [-0.3, -0.25) is 4.79 Å². The van der Waals surface area contributed by atoms with Crippen LogP contribution in [0.5, 0.6) is 0 Å². The Morgan fingerprint density at radius 1 is 1.18 bits per heavy atom. The van der Waals surface area contributed by atoms with E-state index < -0.39 is 0 Å². The second-order valence-electron chi connectivity index (χ2n) is 5.08. The highest BCUT2D eigenvalue weighted by atomic mass is 16.5. The van der Waals surface area contributed by atoms with Crippen molar-refractivity contribution in [2.24, 2.45) is 5.92 Å². The Kier molecular flexibility index (Phi) is 2.98. The number of hydrogen-bond donors (Lipinski definition) is 0. The first-order valence-electron chi connectivity index (χ1n) is 6.59. The summed E-state index contributed by atoms with van der Waals surface area (Å²) < 4.78 is 5.73. The van der Waals surface area contributed by atoms with Crippen molar-refractivity contribution in [1.29, 1.82) is 0 Å². The van der Waals surface area contributed by atoms with Gasteiger partial charge in [0, 0.05) is 5.92 Å². The summed E-state index contributed by atoms with van der Waals surface area (Å²) in [5, 5.41) is 0. The Balaban J connectivity index is 1.86. The molecule has 1 aliphatic carbocycles. The number of ketones is 1. The monoisotopic (exact) mass is 230 g/mol. The molecule has 0 amide bonds. The minimum atomic E-state index is -0.289. The maximum absolute atomic E-state index is 12.4. The molecular formula is C15H18O2. The molecule has 1 aromatic carbocycles. The molecular weight excluding hydrogens is 212 g/mol. The molecule has 1 atom stereocenters. The lowest BCUT2D eigenvalue weighted by Crippen LogP contribution is -2.27. The minimum absolute atomic E-state index is 0.242. The quantitative estimate of drug-likeness (QED) is 0.780. The van der Waals surface area contributed by atoms with Crippen LogP contribution in [0.2, 0.25) is 0 Å². The topological polar surface area (TPSA) is 26.3 Å². The fraction of sp³-hybridized carbons (Fsp3) is 0.533. The lowest BCUT2D eigenvalue weighted by atomic mass is 9.89. The molecule has 1 aliphatic heterocycles. The summed E-state index contributed by atoms with van der Waals surface area (Å²) in [4.78, 5) is 12.4. The summed E-state index contributed by atoms with van der Waals surface area (Å²) in [5.74, 6) is 0.556. The molecule has 0 radical (unpaired) electrons. The molecule has 1 unspecified atom stereocenters. The number of rotatable bonds is 2. The Hall–Kier alpha value is -1.15. The normalized spacial score (nSPS) is 24.6. The molecule has 0 bridgehead atoms. The zero-order valence-electron chi connectivity index (χ0n) is 10.0. The number of Topliss-reactive ketones (excluding diaryl/α,β-unsaturated/α-hetero) is 1. The molecule has 0 spiro atoms. The van der Waals surface area contributed by atoms with E-state index in [2.05, 4.69) is 6.07 Å². The van der Waals surface area contributed by atoms with Crippen LogP contribution >= 0.6 is 0 Å². The Morgan fingerprint density at radius 2 is 1.94 bits per heavy atom. The highest BCUT2D eigenvalue weighted by Crippen LogP contribution is 2.35. The molecule has 3 rings (SSSR count). The van der Waals surface area contributed by atoms with Gasteiger partial charge in [-0.2, -0.15) is 0 Å². The van der Waals surface area contributed by atoms with E-state index in [1.54, 1.807) is 0 Å². The second kappa shape index (κ2) is 4.61. The van der Waals surface area contributed by atoms with Crippen LogP contribution in [0.4, 0.5) is 0 Å². The van der Waals surface area contributed by atoms with E-state index in [1.165, 1.54) is 18.4 Å². The first-order valence-corrected chi connectivity index (χ1v) is 6.59. The van der Waals surface area contributed by atoms with Gasteiger partial charge in [0.05, 0.1) is 6.61 Å². The minimum Gasteiger partial charge on any atom is -0.365 e. The van der Waals surface area contributed by atoms with E-state index in [9.17, 15) is 4.79 Å². The summed E-state index contributed by atoms with van der Waals surface area (Å²) in [6, 6.07) is 8.21. The van der Waals surface area contributed by atoms with Crippen molar-refractivity contribution < 1.29 is 9.53 Å². The Labute approximate surface area is 102 Å². The third-order valence-corrected chi connectivity index (χ3v) is 4.01. The van der Waals surface area contributed by atoms with Gasteiger partial charge < -0.3 is 4.74 Å². The van der Waals surface area contributed by atoms with E-state index in [0.29, 0.717) is 12.4 Å². The number of ether oxygens (including phenoxy) is 1. The highest BCUT2D eigenvalue weighted by molar-refractivity contribution is 5.87. The second-order valence-corrected chi connectivity index (χ2v) is 5.08.